The van der Waals surface area contributed by atoms with Crippen molar-refractivity contribution in [3.63, 3.8) is 0 Å². The van der Waals surface area contributed by atoms with E-state index in [4.69, 9.17) is 4.74 Å². The fourth-order valence-electron chi connectivity index (χ4n) is 3.45. The van der Waals surface area contributed by atoms with Gasteiger partial charge >= 0.3 is 6.09 Å². The number of sulfonamides is 1. The zero-order valence-corrected chi connectivity index (χ0v) is 23.2. The third-order valence-electron chi connectivity index (χ3n) is 5.26. The van der Waals surface area contributed by atoms with Crippen LogP contribution in [0, 0.1) is 0 Å². The van der Waals surface area contributed by atoms with Crippen LogP contribution in [0.4, 0.5) is 4.79 Å². The van der Waals surface area contributed by atoms with Crippen molar-refractivity contribution < 1.29 is 17.9 Å². The van der Waals surface area contributed by atoms with E-state index >= 15 is 0 Å². The highest BCUT2D eigenvalue weighted by Gasteiger charge is 2.32. The summed E-state index contributed by atoms with van der Waals surface area (Å²) in [6.45, 7) is 13.6. The van der Waals surface area contributed by atoms with Crippen LogP contribution in [-0.2, 0) is 14.8 Å². The standard InChI is InChI=1S/C20H41N5O4S.HI/c1-8-20(9-2,24-18(26)29-19(4,5)6)15-23-17(21-10-3)22-14-16-12-11-13-25(16)30(7,27)28;/h16H,8-15H2,1-7H3,(H,24,26)(H2,21,22,23);1H/t16-;/m1./s1. The second kappa shape index (κ2) is 13.0. The first kappa shape index (κ1) is 30.2. The quantitative estimate of drug-likeness (QED) is 0.222. The largest absolute Gasteiger partial charge is 0.444 e. The maximum Gasteiger partial charge on any atom is 0.408 e. The highest BCUT2D eigenvalue weighted by molar-refractivity contribution is 14.0. The number of rotatable bonds is 9. The molecular weight excluding hydrogens is 533 g/mol. The molecule has 0 radical (unpaired) electrons. The Labute approximate surface area is 205 Å². The molecule has 1 fully saturated rings. The first-order chi connectivity index (χ1) is 13.9. The number of amides is 1. The summed E-state index contributed by atoms with van der Waals surface area (Å²) in [4.78, 5) is 17.0. The molecule has 0 aromatic carbocycles. The number of halogens is 1. The molecule has 0 bridgehead atoms. The lowest BCUT2D eigenvalue weighted by Crippen LogP contribution is -2.52. The third-order valence-corrected chi connectivity index (χ3v) is 6.59. The summed E-state index contributed by atoms with van der Waals surface area (Å²) in [5, 5.41) is 9.46. The van der Waals surface area contributed by atoms with Gasteiger partial charge in [0, 0.05) is 25.7 Å². The molecule has 31 heavy (non-hydrogen) atoms. The SMILES string of the molecule is CCNC(=NCC(CC)(CC)NC(=O)OC(C)(C)C)NC[C@H]1CCCN1S(C)(=O)=O.I. The molecule has 1 atom stereocenters. The number of carbonyl (C=O) groups excluding carboxylic acids is 1. The minimum atomic E-state index is -3.21. The van der Waals surface area contributed by atoms with Crippen LogP contribution in [0.3, 0.4) is 0 Å². The van der Waals surface area contributed by atoms with Crippen LogP contribution in [0.5, 0.6) is 0 Å². The summed E-state index contributed by atoms with van der Waals surface area (Å²) in [5.74, 6) is 0.607. The van der Waals surface area contributed by atoms with Gasteiger partial charge in [0.15, 0.2) is 5.96 Å². The van der Waals surface area contributed by atoms with Gasteiger partial charge in [-0.05, 0) is 53.4 Å². The van der Waals surface area contributed by atoms with Crippen LogP contribution in [0.25, 0.3) is 0 Å². The number of carbonyl (C=O) groups is 1. The maximum atomic E-state index is 12.3. The normalized spacial score (nSPS) is 18.3. The van der Waals surface area contributed by atoms with Gasteiger partial charge in [-0.1, -0.05) is 13.8 Å². The number of nitrogens with zero attached hydrogens (tertiary/aromatic N) is 2. The molecule has 0 aliphatic carbocycles. The Morgan fingerprint density at radius 2 is 1.77 bits per heavy atom. The minimum absolute atomic E-state index is 0. The topological polar surface area (TPSA) is 112 Å². The lowest BCUT2D eigenvalue weighted by molar-refractivity contribution is 0.0452. The third kappa shape index (κ3) is 10.6. The van der Waals surface area contributed by atoms with Gasteiger partial charge in [0.05, 0.1) is 18.3 Å². The second-order valence-electron chi connectivity index (χ2n) is 8.86. The summed E-state index contributed by atoms with van der Waals surface area (Å²) in [7, 11) is -3.21. The van der Waals surface area contributed by atoms with E-state index in [0.717, 1.165) is 12.8 Å². The van der Waals surface area contributed by atoms with E-state index in [1.165, 1.54) is 6.26 Å². The van der Waals surface area contributed by atoms with Crippen molar-refractivity contribution in [2.24, 2.45) is 4.99 Å². The Morgan fingerprint density at radius 1 is 1.16 bits per heavy atom. The van der Waals surface area contributed by atoms with Gasteiger partial charge < -0.3 is 20.7 Å². The number of alkyl carbamates (subject to hydrolysis) is 1. The summed E-state index contributed by atoms with van der Waals surface area (Å²) < 4.78 is 30.9. The highest BCUT2D eigenvalue weighted by Crippen LogP contribution is 2.20. The number of aliphatic imine (C=N–C) groups is 1. The predicted octanol–water partition coefficient (Wildman–Crippen LogP) is 2.67. The van der Waals surface area contributed by atoms with Crippen molar-refractivity contribution in [3.8, 4) is 0 Å². The maximum absolute atomic E-state index is 12.3. The molecule has 11 heteroatoms. The summed E-state index contributed by atoms with van der Waals surface area (Å²) in [5.41, 5.74) is -1.08. The average Bonchev–Trinajstić information content (AvgIpc) is 3.10. The van der Waals surface area contributed by atoms with E-state index in [1.54, 1.807) is 4.31 Å². The molecule has 0 spiro atoms. The van der Waals surface area contributed by atoms with Gasteiger partial charge in [0.25, 0.3) is 0 Å². The Balaban J connectivity index is 0.00000900. The van der Waals surface area contributed by atoms with Gasteiger partial charge in [0.2, 0.25) is 10.0 Å². The molecule has 0 aromatic rings. The van der Waals surface area contributed by atoms with Crippen LogP contribution in [0.15, 0.2) is 4.99 Å². The lowest BCUT2D eigenvalue weighted by atomic mass is 9.93. The van der Waals surface area contributed by atoms with Crippen molar-refractivity contribution in [2.75, 3.05) is 32.4 Å². The summed E-state index contributed by atoms with van der Waals surface area (Å²) >= 11 is 0. The number of hydrogen-bond donors (Lipinski definition) is 3. The van der Waals surface area contributed by atoms with Gasteiger partial charge in [-0.3, -0.25) is 4.99 Å². The molecule has 3 N–H and O–H groups in total. The predicted molar refractivity (Wildman–Crippen MR) is 137 cm³/mol. The fourth-order valence-corrected chi connectivity index (χ4v) is 4.63. The Morgan fingerprint density at radius 3 is 2.26 bits per heavy atom. The molecule has 0 saturated carbocycles. The van der Waals surface area contributed by atoms with Crippen molar-refractivity contribution >= 4 is 46.1 Å². The molecule has 0 unspecified atom stereocenters. The van der Waals surface area contributed by atoms with E-state index in [2.05, 4.69) is 20.9 Å². The first-order valence-electron chi connectivity index (χ1n) is 10.9. The smallest absolute Gasteiger partial charge is 0.408 e. The molecule has 1 heterocycles. The van der Waals surface area contributed by atoms with E-state index in [-0.39, 0.29) is 30.0 Å². The molecule has 184 valence electrons. The Bertz CT molecular complexity index is 690. The number of hydrogen-bond acceptors (Lipinski definition) is 5. The second-order valence-corrected chi connectivity index (χ2v) is 10.8. The zero-order valence-electron chi connectivity index (χ0n) is 20.1. The van der Waals surface area contributed by atoms with Crippen LogP contribution in [-0.4, -0.2) is 74.4 Å². The Hall–Kier alpha value is -0.820. The monoisotopic (exact) mass is 575 g/mol. The van der Waals surface area contributed by atoms with E-state index in [1.807, 2.05) is 41.5 Å². The van der Waals surface area contributed by atoms with Gasteiger partial charge in [0.1, 0.15) is 5.60 Å². The van der Waals surface area contributed by atoms with Gasteiger partial charge in [-0.25, -0.2) is 13.2 Å². The first-order valence-corrected chi connectivity index (χ1v) is 12.7. The Kier molecular flexibility index (Phi) is 12.7. The van der Waals surface area contributed by atoms with Gasteiger partial charge in [-0.2, -0.15) is 4.31 Å². The van der Waals surface area contributed by atoms with E-state index in [9.17, 15) is 13.2 Å². The van der Waals surface area contributed by atoms with Gasteiger partial charge in [-0.15, -0.1) is 24.0 Å². The molecule has 0 aromatic heterocycles. The van der Waals surface area contributed by atoms with Crippen molar-refractivity contribution in [1.82, 2.24) is 20.3 Å². The molecule has 1 aliphatic heterocycles. The van der Waals surface area contributed by atoms with Crippen LogP contribution in [0.2, 0.25) is 0 Å². The molecule has 1 saturated heterocycles. The lowest BCUT2D eigenvalue weighted by Gasteiger charge is -2.33. The highest BCUT2D eigenvalue weighted by atomic mass is 127. The van der Waals surface area contributed by atoms with Crippen molar-refractivity contribution in [3.05, 3.63) is 0 Å². The average molecular weight is 576 g/mol. The number of nitrogens with one attached hydrogen (secondary N) is 3. The molecule has 1 aliphatic rings. The number of guanidine groups is 1. The molecule has 1 rings (SSSR count). The van der Waals surface area contributed by atoms with Crippen molar-refractivity contribution in [2.45, 2.75) is 84.4 Å². The van der Waals surface area contributed by atoms with E-state index < -0.39 is 27.3 Å². The summed E-state index contributed by atoms with van der Waals surface area (Å²) in [6, 6.07) is -0.0779. The minimum Gasteiger partial charge on any atom is -0.444 e. The molecular formula is C20H42IN5O4S. The van der Waals surface area contributed by atoms with Crippen LogP contribution in [0.1, 0.15) is 67.2 Å². The molecule has 9 nitrogen and oxygen atoms in total. The fraction of sp³-hybridized carbons (Fsp3) is 0.900. The van der Waals surface area contributed by atoms with Crippen molar-refractivity contribution in [1.29, 1.82) is 0 Å². The molecule has 1 amide bonds. The van der Waals surface area contributed by atoms with Crippen LogP contribution >= 0.6 is 24.0 Å². The van der Waals surface area contributed by atoms with E-state index in [0.29, 0.717) is 45.0 Å². The number of ether oxygens (including phenoxy) is 1. The zero-order chi connectivity index (χ0) is 23.0. The summed E-state index contributed by atoms with van der Waals surface area (Å²) in [6.07, 6.45) is 3.90. The van der Waals surface area contributed by atoms with Crippen LogP contribution < -0.4 is 16.0 Å².